The Morgan fingerprint density at radius 3 is 2.81 bits per heavy atom. The van der Waals surface area contributed by atoms with Crippen LogP contribution in [0.1, 0.15) is 13.8 Å². The lowest BCUT2D eigenvalue weighted by molar-refractivity contribution is 0.419. The third-order valence-electron chi connectivity index (χ3n) is 2.46. The predicted molar refractivity (Wildman–Crippen MR) is 68.8 cm³/mol. The highest BCUT2D eigenvalue weighted by Crippen LogP contribution is 2.32. The monoisotopic (exact) mass is 282 g/mol. The molecule has 0 fully saturated rings. The Morgan fingerprint density at radius 2 is 2.19 bits per heavy atom. The van der Waals surface area contributed by atoms with Crippen LogP contribution >= 0.6 is 15.9 Å². The second-order valence-electron chi connectivity index (χ2n) is 4.22. The molecule has 4 heteroatoms. The first kappa shape index (κ1) is 11.5. The van der Waals surface area contributed by atoms with Crippen molar-refractivity contribution in [1.29, 1.82) is 0 Å². The summed E-state index contributed by atoms with van der Waals surface area (Å²) in [6, 6.07) is 6.01. The third-order valence-corrected chi connectivity index (χ3v) is 3.01. The summed E-state index contributed by atoms with van der Waals surface area (Å²) in [6.45, 7) is 5.28. The van der Waals surface area contributed by atoms with Gasteiger partial charge in [0.15, 0.2) is 0 Å². The largest absolute Gasteiger partial charge is 0.496 e. The first-order valence-corrected chi connectivity index (χ1v) is 6.11. The molecule has 0 radical (unpaired) electrons. The van der Waals surface area contributed by atoms with E-state index in [2.05, 4.69) is 40.9 Å². The molecular weight excluding hydrogens is 268 g/mol. The van der Waals surface area contributed by atoms with Crippen LogP contribution in [-0.2, 0) is 6.54 Å². The van der Waals surface area contributed by atoms with E-state index in [-0.39, 0.29) is 0 Å². The van der Waals surface area contributed by atoms with Gasteiger partial charge in [0.2, 0.25) is 0 Å². The second kappa shape index (κ2) is 4.45. The van der Waals surface area contributed by atoms with Gasteiger partial charge in [0.25, 0.3) is 0 Å². The normalized spacial score (nSPS) is 11.3. The second-order valence-corrected chi connectivity index (χ2v) is 4.97. The van der Waals surface area contributed by atoms with E-state index in [0.717, 1.165) is 27.8 Å². The minimum atomic E-state index is 0.571. The molecule has 0 amide bonds. The van der Waals surface area contributed by atoms with Gasteiger partial charge in [-0.1, -0.05) is 19.9 Å². The Bertz CT molecular complexity index is 505. The molecule has 0 aliphatic heterocycles. The zero-order valence-electron chi connectivity index (χ0n) is 9.70. The summed E-state index contributed by atoms with van der Waals surface area (Å²) in [5.41, 5.74) is 1.11. The molecule has 0 saturated heterocycles. The fourth-order valence-electron chi connectivity index (χ4n) is 1.81. The fourth-order valence-corrected chi connectivity index (χ4v) is 2.40. The van der Waals surface area contributed by atoms with E-state index >= 15 is 0 Å². The minimum absolute atomic E-state index is 0.571. The molecule has 0 atom stereocenters. The predicted octanol–water partition coefficient (Wildman–Crippen LogP) is 3.46. The van der Waals surface area contributed by atoms with Gasteiger partial charge in [-0.2, -0.15) is 5.10 Å². The summed E-state index contributed by atoms with van der Waals surface area (Å²) in [6.07, 6.45) is 0. The van der Waals surface area contributed by atoms with Crippen molar-refractivity contribution in [2.24, 2.45) is 5.92 Å². The van der Waals surface area contributed by atoms with Gasteiger partial charge in [-0.15, -0.1) is 0 Å². The summed E-state index contributed by atoms with van der Waals surface area (Å²) < 4.78 is 8.21. The van der Waals surface area contributed by atoms with Crippen molar-refractivity contribution in [2.75, 3.05) is 7.11 Å². The molecule has 16 heavy (non-hydrogen) atoms. The maximum atomic E-state index is 5.34. The van der Waals surface area contributed by atoms with Gasteiger partial charge >= 0.3 is 0 Å². The van der Waals surface area contributed by atoms with Crippen LogP contribution < -0.4 is 4.74 Å². The molecule has 0 spiro atoms. The maximum absolute atomic E-state index is 5.34. The van der Waals surface area contributed by atoms with Gasteiger partial charge in [-0.3, -0.25) is 4.68 Å². The van der Waals surface area contributed by atoms with Crippen molar-refractivity contribution in [1.82, 2.24) is 9.78 Å². The number of methoxy groups -OCH3 is 1. The van der Waals surface area contributed by atoms with Crippen molar-refractivity contribution in [3.8, 4) is 5.75 Å². The van der Waals surface area contributed by atoms with Crippen LogP contribution in [0.25, 0.3) is 10.9 Å². The van der Waals surface area contributed by atoms with Crippen molar-refractivity contribution in [2.45, 2.75) is 20.4 Å². The molecule has 1 heterocycles. The number of nitrogens with zero attached hydrogens (tertiary/aromatic N) is 2. The molecule has 86 valence electrons. The van der Waals surface area contributed by atoms with Crippen LogP contribution in [0, 0.1) is 5.92 Å². The molecule has 0 saturated carbocycles. The molecule has 2 aromatic rings. The average Bonchev–Trinajstić information content (AvgIpc) is 2.55. The van der Waals surface area contributed by atoms with E-state index in [0.29, 0.717) is 5.92 Å². The summed E-state index contributed by atoms with van der Waals surface area (Å²) in [5, 5.41) is 5.54. The summed E-state index contributed by atoms with van der Waals surface area (Å²) in [7, 11) is 1.68. The molecule has 1 aromatic carbocycles. The fraction of sp³-hybridized carbons (Fsp3) is 0.417. The van der Waals surface area contributed by atoms with Crippen LogP contribution in [0.2, 0.25) is 0 Å². The molecule has 0 bridgehead atoms. The van der Waals surface area contributed by atoms with Gasteiger partial charge in [-0.25, -0.2) is 0 Å². The number of fused-ring (bicyclic) bond motifs is 1. The Balaban J connectivity index is 2.62. The standard InChI is InChI=1S/C12H15BrN2O/c1-8(2)7-15-9-5-4-6-10(16-3)11(9)12(13)14-15/h4-6,8H,7H2,1-3H3. The van der Waals surface area contributed by atoms with E-state index in [1.165, 1.54) is 0 Å². The highest BCUT2D eigenvalue weighted by Gasteiger charge is 2.13. The Kier molecular flexibility index (Phi) is 3.19. The molecule has 0 aliphatic rings. The first-order chi connectivity index (χ1) is 7.63. The third kappa shape index (κ3) is 1.94. The zero-order chi connectivity index (χ0) is 11.7. The maximum Gasteiger partial charge on any atom is 0.139 e. The molecule has 0 unspecified atom stereocenters. The Morgan fingerprint density at radius 1 is 1.44 bits per heavy atom. The number of rotatable bonds is 3. The minimum Gasteiger partial charge on any atom is -0.496 e. The van der Waals surface area contributed by atoms with E-state index in [1.54, 1.807) is 7.11 Å². The highest BCUT2D eigenvalue weighted by atomic mass is 79.9. The lowest BCUT2D eigenvalue weighted by Gasteiger charge is -2.06. The molecular formula is C12H15BrN2O. The van der Waals surface area contributed by atoms with Crippen LogP contribution in [-0.4, -0.2) is 16.9 Å². The van der Waals surface area contributed by atoms with Crippen LogP contribution in [0.15, 0.2) is 22.8 Å². The van der Waals surface area contributed by atoms with E-state index in [9.17, 15) is 0 Å². The Labute approximate surface area is 104 Å². The number of hydrogen-bond acceptors (Lipinski definition) is 2. The van der Waals surface area contributed by atoms with Crippen LogP contribution in [0.4, 0.5) is 0 Å². The van der Waals surface area contributed by atoms with Crippen molar-refractivity contribution < 1.29 is 4.74 Å². The topological polar surface area (TPSA) is 27.1 Å². The summed E-state index contributed by atoms with van der Waals surface area (Å²) in [4.78, 5) is 0. The molecule has 2 rings (SSSR count). The number of halogens is 1. The smallest absolute Gasteiger partial charge is 0.139 e. The zero-order valence-corrected chi connectivity index (χ0v) is 11.3. The van der Waals surface area contributed by atoms with E-state index < -0.39 is 0 Å². The van der Waals surface area contributed by atoms with Gasteiger partial charge in [0.1, 0.15) is 10.4 Å². The van der Waals surface area contributed by atoms with Gasteiger partial charge in [0, 0.05) is 6.54 Å². The quantitative estimate of drug-likeness (QED) is 0.862. The van der Waals surface area contributed by atoms with Crippen molar-refractivity contribution >= 4 is 26.8 Å². The van der Waals surface area contributed by atoms with Gasteiger partial charge in [0.05, 0.1) is 18.0 Å². The molecule has 1 aromatic heterocycles. The first-order valence-electron chi connectivity index (χ1n) is 5.32. The SMILES string of the molecule is COc1cccc2c1c(Br)nn2CC(C)C. The van der Waals surface area contributed by atoms with Gasteiger partial charge in [-0.05, 0) is 34.0 Å². The molecule has 0 N–H and O–H groups in total. The van der Waals surface area contributed by atoms with Crippen molar-refractivity contribution in [3.05, 3.63) is 22.8 Å². The summed E-state index contributed by atoms with van der Waals surface area (Å²) >= 11 is 3.49. The molecule has 3 nitrogen and oxygen atoms in total. The van der Waals surface area contributed by atoms with E-state index in [4.69, 9.17) is 4.74 Å². The molecule has 0 aliphatic carbocycles. The summed E-state index contributed by atoms with van der Waals surface area (Å²) in [5.74, 6) is 1.43. The number of ether oxygens (including phenoxy) is 1. The number of aromatic nitrogens is 2. The van der Waals surface area contributed by atoms with Crippen LogP contribution in [0.5, 0.6) is 5.75 Å². The van der Waals surface area contributed by atoms with Gasteiger partial charge < -0.3 is 4.74 Å². The number of benzene rings is 1. The lowest BCUT2D eigenvalue weighted by Crippen LogP contribution is -2.05. The number of hydrogen-bond donors (Lipinski definition) is 0. The Hall–Kier alpha value is -1.03. The van der Waals surface area contributed by atoms with E-state index in [1.807, 2.05) is 16.8 Å². The highest BCUT2D eigenvalue weighted by molar-refractivity contribution is 9.10. The van der Waals surface area contributed by atoms with Crippen LogP contribution in [0.3, 0.4) is 0 Å². The lowest BCUT2D eigenvalue weighted by atomic mass is 10.2. The van der Waals surface area contributed by atoms with Crippen molar-refractivity contribution in [3.63, 3.8) is 0 Å². The average molecular weight is 283 g/mol.